The fourth-order valence-electron chi connectivity index (χ4n) is 3.83. The van der Waals surface area contributed by atoms with E-state index in [1.807, 2.05) is 48.5 Å². The summed E-state index contributed by atoms with van der Waals surface area (Å²) in [4.78, 5) is 16.8. The number of aromatic nitrogens is 1. The van der Waals surface area contributed by atoms with Crippen LogP contribution in [-0.4, -0.2) is 25.1 Å². The van der Waals surface area contributed by atoms with Gasteiger partial charge >= 0.3 is 0 Å². The molecule has 5 aromatic rings. The SMILES string of the molecule is COc1cc2nccc(Oc3ccc4cc(NC(=O)c5ccc(F)cc5)ccc4c3)c2cc1OC. The maximum Gasteiger partial charge on any atom is 0.255 e. The molecular formula is C28H21FN2O4. The van der Waals surface area contributed by atoms with Crippen molar-refractivity contribution in [3.8, 4) is 23.0 Å². The first-order valence-electron chi connectivity index (χ1n) is 10.8. The zero-order chi connectivity index (χ0) is 24.4. The van der Waals surface area contributed by atoms with Crippen molar-refractivity contribution in [2.24, 2.45) is 0 Å². The van der Waals surface area contributed by atoms with Gasteiger partial charge < -0.3 is 19.5 Å². The molecule has 0 spiro atoms. The quantitative estimate of drug-likeness (QED) is 0.304. The van der Waals surface area contributed by atoms with Crippen molar-refractivity contribution >= 4 is 33.3 Å². The molecule has 4 aromatic carbocycles. The van der Waals surface area contributed by atoms with E-state index in [0.29, 0.717) is 34.2 Å². The Morgan fingerprint density at radius 3 is 2.29 bits per heavy atom. The van der Waals surface area contributed by atoms with Gasteiger partial charge in [0.15, 0.2) is 11.5 Å². The van der Waals surface area contributed by atoms with Gasteiger partial charge in [0, 0.05) is 28.9 Å². The number of hydrogen-bond donors (Lipinski definition) is 1. The number of carbonyl (C=O) groups is 1. The number of pyridine rings is 1. The zero-order valence-electron chi connectivity index (χ0n) is 19.0. The molecule has 0 fully saturated rings. The second kappa shape index (κ2) is 9.30. The molecule has 1 amide bonds. The number of benzene rings is 4. The predicted octanol–water partition coefficient (Wildman–Crippen LogP) is 6.59. The third-order valence-corrected chi connectivity index (χ3v) is 5.61. The topological polar surface area (TPSA) is 69.7 Å². The van der Waals surface area contributed by atoms with E-state index in [1.165, 1.54) is 24.3 Å². The molecule has 174 valence electrons. The minimum Gasteiger partial charge on any atom is -0.493 e. The molecule has 5 rings (SSSR count). The Kier molecular flexibility index (Phi) is 5.89. The number of amides is 1. The van der Waals surface area contributed by atoms with E-state index in [0.717, 1.165) is 21.7 Å². The molecule has 0 unspecified atom stereocenters. The van der Waals surface area contributed by atoms with E-state index < -0.39 is 0 Å². The fraction of sp³-hybridized carbons (Fsp3) is 0.0714. The van der Waals surface area contributed by atoms with Gasteiger partial charge in [0.1, 0.15) is 17.3 Å². The Morgan fingerprint density at radius 2 is 1.51 bits per heavy atom. The van der Waals surface area contributed by atoms with Crippen LogP contribution in [0.3, 0.4) is 0 Å². The number of carbonyl (C=O) groups excluding carboxylic acids is 1. The highest BCUT2D eigenvalue weighted by Gasteiger charge is 2.12. The van der Waals surface area contributed by atoms with Crippen molar-refractivity contribution in [2.75, 3.05) is 19.5 Å². The van der Waals surface area contributed by atoms with E-state index in [-0.39, 0.29) is 11.7 Å². The lowest BCUT2D eigenvalue weighted by Gasteiger charge is -2.13. The van der Waals surface area contributed by atoms with E-state index in [4.69, 9.17) is 14.2 Å². The van der Waals surface area contributed by atoms with Crippen molar-refractivity contribution < 1.29 is 23.4 Å². The summed E-state index contributed by atoms with van der Waals surface area (Å²) in [5.74, 6) is 1.79. The van der Waals surface area contributed by atoms with Crippen LogP contribution in [0, 0.1) is 5.82 Å². The van der Waals surface area contributed by atoms with Crippen LogP contribution >= 0.6 is 0 Å². The molecule has 0 bridgehead atoms. The molecule has 0 atom stereocenters. The first-order chi connectivity index (χ1) is 17.0. The van der Waals surface area contributed by atoms with Crippen molar-refractivity contribution in [2.45, 2.75) is 0 Å². The Labute approximate surface area is 200 Å². The van der Waals surface area contributed by atoms with Crippen LogP contribution < -0.4 is 19.5 Å². The summed E-state index contributed by atoms with van der Waals surface area (Å²) in [5, 5.41) is 5.51. The molecule has 0 saturated heterocycles. The van der Waals surface area contributed by atoms with Gasteiger partial charge in [-0.3, -0.25) is 9.78 Å². The molecule has 1 N–H and O–H groups in total. The number of fused-ring (bicyclic) bond motifs is 2. The summed E-state index contributed by atoms with van der Waals surface area (Å²) in [7, 11) is 3.17. The van der Waals surface area contributed by atoms with Crippen LogP contribution in [0.5, 0.6) is 23.0 Å². The van der Waals surface area contributed by atoms with Crippen molar-refractivity contribution in [3.63, 3.8) is 0 Å². The number of nitrogens with one attached hydrogen (secondary N) is 1. The molecule has 6 nitrogen and oxygen atoms in total. The van der Waals surface area contributed by atoms with Crippen molar-refractivity contribution in [1.29, 1.82) is 0 Å². The van der Waals surface area contributed by atoms with Crippen LogP contribution in [0.4, 0.5) is 10.1 Å². The number of hydrogen-bond acceptors (Lipinski definition) is 5. The third-order valence-electron chi connectivity index (χ3n) is 5.61. The molecule has 0 aliphatic rings. The van der Waals surface area contributed by atoms with Gasteiger partial charge in [0.2, 0.25) is 0 Å². The van der Waals surface area contributed by atoms with Crippen LogP contribution in [0.25, 0.3) is 21.7 Å². The number of methoxy groups -OCH3 is 2. The monoisotopic (exact) mass is 468 g/mol. The van der Waals surface area contributed by atoms with Crippen LogP contribution in [0.15, 0.2) is 85.1 Å². The van der Waals surface area contributed by atoms with Crippen LogP contribution in [0.2, 0.25) is 0 Å². The van der Waals surface area contributed by atoms with Crippen LogP contribution in [0.1, 0.15) is 10.4 Å². The summed E-state index contributed by atoms with van der Waals surface area (Å²) in [6.07, 6.45) is 1.68. The van der Waals surface area contributed by atoms with Gasteiger partial charge in [0.25, 0.3) is 5.91 Å². The maximum absolute atomic E-state index is 13.1. The largest absolute Gasteiger partial charge is 0.493 e. The Balaban J connectivity index is 1.40. The minimum atomic E-state index is -0.385. The molecule has 1 heterocycles. The Hall–Kier alpha value is -4.65. The molecular weight excluding hydrogens is 447 g/mol. The minimum absolute atomic E-state index is 0.305. The summed E-state index contributed by atoms with van der Waals surface area (Å²) in [6.45, 7) is 0. The average molecular weight is 468 g/mol. The standard InChI is InChI=1S/C28H21FN2O4/c1-33-26-15-23-24(16-27(26)34-2)30-12-11-25(23)35-22-10-6-18-13-21(9-5-19(18)14-22)31-28(32)17-3-7-20(29)8-4-17/h3-16H,1-2H3,(H,31,32). The lowest BCUT2D eigenvalue weighted by molar-refractivity contribution is 0.102. The molecule has 0 aliphatic heterocycles. The molecule has 35 heavy (non-hydrogen) atoms. The Bertz CT molecular complexity index is 1550. The number of ether oxygens (including phenoxy) is 3. The molecule has 0 aliphatic carbocycles. The summed E-state index contributed by atoms with van der Waals surface area (Å²) in [5.41, 5.74) is 1.75. The lowest BCUT2D eigenvalue weighted by atomic mass is 10.1. The zero-order valence-corrected chi connectivity index (χ0v) is 19.0. The van der Waals surface area contributed by atoms with Gasteiger partial charge in [0.05, 0.1) is 19.7 Å². The van der Waals surface area contributed by atoms with E-state index >= 15 is 0 Å². The smallest absolute Gasteiger partial charge is 0.255 e. The normalized spacial score (nSPS) is 10.8. The van der Waals surface area contributed by atoms with Crippen LogP contribution in [-0.2, 0) is 0 Å². The average Bonchev–Trinajstić information content (AvgIpc) is 2.88. The molecule has 1 aromatic heterocycles. The lowest BCUT2D eigenvalue weighted by Crippen LogP contribution is -2.11. The van der Waals surface area contributed by atoms with Gasteiger partial charge in [-0.2, -0.15) is 0 Å². The van der Waals surface area contributed by atoms with E-state index in [9.17, 15) is 9.18 Å². The number of rotatable bonds is 6. The summed E-state index contributed by atoms with van der Waals surface area (Å²) < 4.78 is 30.1. The first kappa shape index (κ1) is 22.2. The van der Waals surface area contributed by atoms with Gasteiger partial charge in [-0.25, -0.2) is 4.39 Å². The predicted molar refractivity (Wildman–Crippen MR) is 133 cm³/mol. The maximum atomic E-state index is 13.1. The summed E-state index contributed by atoms with van der Waals surface area (Å²) >= 11 is 0. The molecule has 0 saturated carbocycles. The second-order valence-electron chi connectivity index (χ2n) is 7.82. The van der Waals surface area contributed by atoms with Gasteiger partial charge in [-0.1, -0.05) is 12.1 Å². The number of anilines is 1. The van der Waals surface area contributed by atoms with Crippen molar-refractivity contribution in [3.05, 3.63) is 96.4 Å². The highest BCUT2D eigenvalue weighted by atomic mass is 19.1. The number of nitrogens with zero attached hydrogens (tertiary/aromatic N) is 1. The van der Waals surface area contributed by atoms with Crippen molar-refractivity contribution in [1.82, 2.24) is 4.98 Å². The highest BCUT2D eigenvalue weighted by molar-refractivity contribution is 6.05. The highest BCUT2D eigenvalue weighted by Crippen LogP contribution is 2.37. The fourth-order valence-corrected chi connectivity index (χ4v) is 3.83. The summed E-state index contributed by atoms with van der Waals surface area (Å²) in [6, 6.07) is 22.2. The molecule has 7 heteroatoms. The van der Waals surface area contributed by atoms with E-state index in [2.05, 4.69) is 10.3 Å². The van der Waals surface area contributed by atoms with Gasteiger partial charge in [-0.05, 0) is 71.4 Å². The molecule has 0 radical (unpaired) electrons. The first-order valence-corrected chi connectivity index (χ1v) is 10.8. The van der Waals surface area contributed by atoms with Gasteiger partial charge in [-0.15, -0.1) is 0 Å². The second-order valence-corrected chi connectivity index (χ2v) is 7.82. The third kappa shape index (κ3) is 4.56. The number of halogens is 1. The van der Waals surface area contributed by atoms with E-state index in [1.54, 1.807) is 26.5 Å². The Morgan fingerprint density at radius 1 is 0.800 bits per heavy atom.